The van der Waals surface area contributed by atoms with Gasteiger partial charge >= 0.3 is 0 Å². The number of halogens is 2. The fourth-order valence-electron chi connectivity index (χ4n) is 5.01. The minimum Gasteiger partial charge on any atom is -0.483 e. The van der Waals surface area contributed by atoms with Crippen LogP contribution in [0.15, 0.2) is 77.3 Å². The predicted octanol–water partition coefficient (Wildman–Crippen LogP) is 7.13. The van der Waals surface area contributed by atoms with Crippen LogP contribution < -0.4 is 10.1 Å². The lowest BCUT2D eigenvalue weighted by Crippen LogP contribution is -2.53. The molecule has 3 aromatic rings. The highest BCUT2D eigenvalue weighted by Crippen LogP contribution is 2.27. The Bertz CT molecular complexity index is 1250. The van der Waals surface area contributed by atoms with Crippen molar-refractivity contribution < 1.29 is 14.3 Å². The molecular weight excluding hydrogens is 576 g/mol. The maximum absolute atomic E-state index is 13.9. The van der Waals surface area contributed by atoms with E-state index >= 15 is 0 Å². The van der Waals surface area contributed by atoms with E-state index < -0.39 is 6.04 Å². The molecule has 0 aromatic heterocycles. The lowest BCUT2D eigenvalue weighted by molar-refractivity contribution is -0.143. The summed E-state index contributed by atoms with van der Waals surface area (Å²) in [6.45, 7) is 2.09. The van der Waals surface area contributed by atoms with Gasteiger partial charge in [0.15, 0.2) is 6.61 Å². The summed E-state index contributed by atoms with van der Waals surface area (Å²) in [5, 5.41) is 3.81. The molecule has 0 unspecified atom stereocenters. The van der Waals surface area contributed by atoms with Crippen LogP contribution in [0.4, 0.5) is 0 Å². The molecule has 0 heterocycles. The van der Waals surface area contributed by atoms with Gasteiger partial charge in [0, 0.05) is 24.0 Å². The van der Waals surface area contributed by atoms with Gasteiger partial charge in [-0.25, -0.2) is 0 Å². The summed E-state index contributed by atoms with van der Waals surface area (Å²) in [6, 6.07) is 22.5. The summed E-state index contributed by atoms with van der Waals surface area (Å²) in [5.41, 5.74) is 2.94. The Morgan fingerprint density at radius 1 is 1.00 bits per heavy atom. The lowest BCUT2D eigenvalue weighted by atomic mass is 9.94. The van der Waals surface area contributed by atoms with Gasteiger partial charge < -0.3 is 15.0 Å². The van der Waals surface area contributed by atoms with Crippen molar-refractivity contribution in [1.82, 2.24) is 10.2 Å². The Labute approximate surface area is 245 Å². The molecule has 2 amide bonds. The second kappa shape index (κ2) is 14.5. The van der Waals surface area contributed by atoms with Gasteiger partial charge in [0.05, 0.1) is 4.47 Å². The zero-order valence-electron chi connectivity index (χ0n) is 22.4. The van der Waals surface area contributed by atoms with Crippen LogP contribution in [-0.2, 0) is 29.0 Å². The number of carbonyl (C=O) groups excluding carboxylic acids is 2. The zero-order valence-corrected chi connectivity index (χ0v) is 24.7. The van der Waals surface area contributed by atoms with Gasteiger partial charge in [-0.1, -0.05) is 92.4 Å². The molecule has 0 bridgehead atoms. The number of nitrogens with zero attached hydrogens (tertiary/aromatic N) is 1. The van der Waals surface area contributed by atoms with E-state index in [1.165, 1.54) is 12.0 Å². The molecule has 1 saturated carbocycles. The number of carbonyl (C=O) groups is 2. The number of nitrogens with one attached hydrogen (secondary N) is 1. The summed E-state index contributed by atoms with van der Waals surface area (Å²) in [5.74, 6) is 0.172. The van der Waals surface area contributed by atoms with Gasteiger partial charge in [0.25, 0.3) is 5.91 Å². The number of hydrogen-bond acceptors (Lipinski definition) is 3. The highest BCUT2D eigenvalue weighted by Gasteiger charge is 2.32. The number of rotatable bonds is 11. The molecule has 0 saturated heterocycles. The van der Waals surface area contributed by atoms with Crippen molar-refractivity contribution in [2.24, 2.45) is 0 Å². The van der Waals surface area contributed by atoms with Crippen molar-refractivity contribution in [3.8, 4) is 5.75 Å². The van der Waals surface area contributed by atoms with Crippen molar-refractivity contribution in [3.63, 3.8) is 0 Å². The van der Waals surface area contributed by atoms with Gasteiger partial charge in [-0.15, -0.1) is 0 Å². The largest absolute Gasteiger partial charge is 0.483 e. The molecule has 39 heavy (non-hydrogen) atoms. The predicted molar refractivity (Wildman–Crippen MR) is 160 cm³/mol. The summed E-state index contributed by atoms with van der Waals surface area (Å²) in [7, 11) is 0. The lowest BCUT2D eigenvalue weighted by Gasteiger charge is -2.33. The van der Waals surface area contributed by atoms with Crippen LogP contribution >= 0.6 is 27.5 Å². The quantitative estimate of drug-likeness (QED) is 0.251. The average molecular weight is 612 g/mol. The van der Waals surface area contributed by atoms with Crippen LogP contribution in [0.1, 0.15) is 55.7 Å². The van der Waals surface area contributed by atoms with Crippen LogP contribution in [0.25, 0.3) is 0 Å². The first-order chi connectivity index (χ1) is 18.9. The summed E-state index contributed by atoms with van der Waals surface area (Å²) >= 11 is 10.1. The molecule has 1 aliphatic rings. The van der Waals surface area contributed by atoms with Crippen LogP contribution in [0.5, 0.6) is 5.75 Å². The summed E-state index contributed by atoms with van der Waals surface area (Å²) in [6.07, 6.45) is 6.64. The maximum Gasteiger partial charge on any atom is 0.261 e. The third kappa shape index (κ3) is 8.33. The Balaban J connectivity index is 1.62. The Hall–Kier alpha value is -2.83. The number of benzene rings is 3. The Morgan fingerprint density at radius 3 is 2.41 bits per heavy atom. The van der Waals surface area contributed by atoms with E-state index in [1.54, 1.807) is 11.0 Å². The van der Waals surface area contributed by atoms with Crippen molar-refractivity contribution in [3.05, 3.63) is 99.0 Å². The third-order valence-corrected chi connectivity index (χ3v) is 8.27. The molecule has 206 valence electrons. The van der Waals surface area contributed by atoms with E-state index in [-0.39, 0.29) is 31.0 Å². The van der Waals surface area contributed by atoms with Gasteiger partial charge in [0.2, 0.25) is 5.91 Å². The van der Waals surface area contributed by atoms with Crippen molar-refractivity contribution in [2.45, 2.75) is 70.5 Å². The number of hydrogen-bond donors (Lipinski definition) is 1. The number of ether oxygens (including phenoxy) is 1. The van der Waals surface area contributed by atoms with Crippen LogP contribution in [0.3, 0.4) is 0 Å². The SMILES string of the molecule is CCc1ccc(OCC(=O)N(Cc2ccccc2Cl)[C@H](Cc2ccccc2)C(=O)NC2CCCCC2)c(Br)c1. The first-order valence-corrected chi connectivity index (χ1v) is 14.9. The molecule has 1 aliphatic carbocycles. The van der Waals surface area contributed by atoms with Crippen molar-refractivity contribution in [2.75, 3.05) is 6.61 Å². The highest BCUT2D eigenvalue weighted by molar-refractivity contribution is 9.10. The molecule has 1 N–H and O–H groups in total. The normalized spacial score (nSPS) is 14.4. The van der Waals surface area contributed by atoms with E-state index in [2.05, 4.69) is 28.2 Å². The van der Waals surface area contributed by atoms with E-state index in [4.69, 9.17) is 16.3 Å². The molecule has 7 heteroatoms. The maximum atomic E-state index is 13.9. The summed E-state index contributed by atoms with van der Waals surface area (Å²) < 4.78 is 6.77. The van der Waals surface area contributed by atoms with Gasteiger partial charge in [-0.2, -0.15) is 0 Å². The average Bonchev–Trinajstić information content (AvgIpc) is 2.96. The Morgan fingerprint density at radius 2 is 1.72 bits per heavy atom. The minimum absolute atomic E-state index is 0.131. The third-order valence-electron chi connectivity index (χ3n) is 7.28. The minimum atomic E-state index is -0.715. The van der Waals surface area contributed by atoms with Crippen molar-refractivity contribution in [1.29, 1.82) is 0 Å². The second-order valence-electron chi connectivity index (χ2n) is 10.1. The summed E-state index contributed by atoms with van der Waals surface area (Å²) in [4.78, 5) is 29.3. The molecule has 1 fully saturated rings. The van der Waals surface area contributed by atoms with Gasteiger partial charge in [-0.3, -0.25) is 9.59 Å². The molecular formula is C32H36BrClN2O3. The van der Waals surface area contributed by atoms with Gasteiger partial charge in [0.1, 0.15) is 11.8 Å². The van der Waals surface area contributed by atoms with E-state index in [0.717, 1.165) is 47.7 Å². The standard InChI is InChI=1S/C32H36BrClN2O3/c1-2-23-17-18-30(27(33)19-23)39-22-31(37)36(21-25-13-9-10-16-28(25)34)29(20-24-11-5-3-6-12-24)32(38)35-26-14-7-4-8-15-26/h3,5-6,9-13,16-19,26,29H,2,4,7-8,14-15,20-22H2,1H3,(H,35,38)/t29-/m1/s1. The molecule has 0 aliphatic heterocycles. The smallest absolute Gasteiger partial charge is 0.261 e. The molecule has 1 atom stereocenters. The van der Waals surface area contributed by atoms with Crippen LogP contribution in [0, 0.1) is 0 Å². The fourth-order valence-corrected chi connectivity index (χ4v) is 5.75. The Kier molecular flexibility index (Phi) is 10.9. The zero-order chi connectivity index (χ0) is 27.6. The molecule has 3 aromatic carbocycles. The first kappa shape index (κ1) is 29.2. The van der Waals surface area contributed by atoms with Gasteiger partial charge in [-0.05, 0) is 70.1 Å². The number of amides is 2. The topological polar surface area (TPSA) is 58.6 Å². The fraction of sp³-hybridized carbons (Fsp3) is 0.375. The van der Waals surface area contributed by atoms with E-state index in [0.29, 0.717) is 17.2 Å². The monoisotopic (exact) mass is 610 g/mol. The van der Waals surface area contributed by atoms with E-state index in [9.17, 15) is 9.59 Å². The van der Waals surface area contributed by atoms with E-state index in [1.807, 2.05) is 66.7 Å². The first-order valence-electron chi connectivity index (χ1n) is 13.7. The molecule has 5 nitrogen and oxygen atoms in total. The number of aryl methyl sites for hydroxylation is 1. The van der Waals surface area contributed by atoms with Crippen LogP contribution in [-0.4, -0.2) is 35.4 Å². The van der Waals surface area contributed by atoms with Crippen molar-refractivity contribution >= 4 is 39.3 Å². The molecule has 4 rings (SSSR count). The molecule has 0 spiro atoms. The van der Waals surface area contributed by atoms with Crippen LogP contribution in [0.2, 0.25) is 5.02 Å². The highest BCUT2D eigenvalue weighted by atomic mass is 79.9. The molecule has 0 radical (unpaired) electrons. The second-order valence-corrected chi connectivity index (χ2v) is 11.3.